The van der Waals surface area contributed by atoms with Gasteiger partial charge >= 0.3 is 5.97 Å². The first kappa shape index (κ1) is 29.8. The van der Waals surface area contributed by atoms with Crippen LogP contribution in [0.2, 0.25) is 16.6 Å². The fourth-order valence-electron chi connectivity index (χ4n) is 9.64. The minimum atomic E-state index is -2.12. The first-order chi connectivity index (χ1) is 17.8. The minimum absolute atomic E-state index is 0.0515. The van der Waals surface area contributed by atoms with Crippen LogP contribution >= 0.6 is 0 Å². The first-order valence-electron chi connectivity index (χ1n) is 15.6. The molecule has 0 bridgehead atoms. The Bertz CT molecular complexity index is 907. The van der Waals surface area contributed by atoms with Crippen LogP contribution in [0.1, 0.15) is 107 Å². The average molecular weight is 546 g/mol. The Balaban J connectivity index is 1.71. The van der Waals surface area contributed by atoms with Crippen LogP contribution in [-0.2, 0) is 18.8 Å². The zero-order valence-corrected chi connectivity index (χ0v) is 26.7. The van der Waals surface area contributed by atoms with Gasteiger partial charge in [0.2, 0.25) is 8.32 Å². The Labute approximate surface area is 233 Å². The topological polar surface area (TPSA) is 64.6 Å². The summed E-state index contributed by atoms with van der Waals surface area (Å²) in [5.74, 6) is 1.35. The third kappa shape index (κ3) is 4.84. The van der Waals surface area contributed by atoms with Crippen molar-refractivity contribution in [1.29, 1.82) is 0 Å². The lowest BCUT2D eigenvalue weighted by atomic mass is 9.48. The molecule has 7 atom stereocenters. The van der Waals surface area contributed by atoms with Crippen LogP contribution in [0.5, 0.6) is 0 Å². The van der Waals surface area contributed by atoms with E-state index in [1.165, 1.54) is 5.70 Å². The van der Waals surface area contributed by atoms with Gasteiger partial charge in [0.1, 0.15) is 5.78 Å². The van der Waals surface area contributed by atoms with Gasteiger partial charge in [-0.3, -0.25) is 9.59 Å². The number of nitrogens with one attached hydrogen (secondary N) is 1. The second kappa shape index (κ2) is 11.0. The fourth-order valence-corrected chi connectivity index (χ4v) is 15.1. The van der Waals surface area contributed by atoms with Gasteiger partial charge in [-0.2, -0.15) is 0 Å². The number of unbranched alkanes of at least 4 members (excludes halogenated alkanes) is 1. The summed E-state index contributed by atoms with van der Waals surface area (Å²) in [6.07, 6.45) is 8.47. The molecular weight excluding hydrogens is 490 g/mol. The standard InChI is InChI=1S/C32H55NO4Si/c1-10-11-14-36-30(35)28-16-24(37-38(20(2)3,21(4)5)22(6)7)17-29-32(28,9)26-12-13-31(8)18-23(34)15-27(31)25(26)19-33-29/h17,20-22,24-28,33H,10-16,18-19H2,1-9H3/t24-,25+,26-,27-,28?,31+,32-/m0/s1. The van der Waals surface area contributed by atoms with Crippen LogP contribution in [0.4, 0.5) is 0 Å². The summed E-state index contributed by atoms with van der Waals surface area (Å²) in [6.45, 7) is 22.1. The second-order valence-corrected chi connectivity index (χ2v) is 19.9. The maximum absolute atomic E-state index is 13.9. The third-order valence-electron chi connectivity index (χ3n) is 11.5. The van der Waals surface area contributed by atoms with Crippen molar-refractivity contribution in [1.82, 2.24) is 5.32 Å². The summed E-state index contributed by atoms with van der Waals surface area (Å²) in [7, 11) is -2.12. The summed E-state index contributed by atoms with van der Waals surface area (Å²) in [5.41, 5.74) is 2.47. The number of hydrogen-bond donors (Lipinski definition) is 1. The molecule has 1 N–H and O–H groups in total. The molecule has 1 unspecified atom stereocenters. The Morgan fingerprint density at radius 3 is 2.37 bits per heavy atom. The SMILES string of the molecule is CCCCOC(=O)C1C[C@H](O[Si](C(C)C)(C(C)C)C(C)C)C=C2NC[C@H]3[C@@H]4CC(=O)C[C@@]4(C)CC[C@@H]3[C@]21C. The molecule has 38 heavy (non-hydrogen) atoms. The minimum Gasteiger partial charge on any atom is -0.465 e. The van der Waals surface area contributed by atoms with Gasteiger partial charge in [0, 0.05) is 30.5 Å². The van der Waals surface area contributed by atoms with Crippen molar-refractivity contribution in [3.05, 3.63) is 11.8 Å². The maximum Gasteiger partial charge on any atom is 0.310 e. The van der Waals surface area contributed by atoms with Crippen molar-refractivity contribution in [3.63, 3.8) is 0 Å². The molecule has 0 spiro atoms. The summed E-state index contributed by atoms with van der Waals surface area (Å²) >= 11 is 0. The van der Waals surface area contributed by atoms with E-state index in [9.17, 15) is 9.59 Å². The number of fused-ring (bicyclic) bond motifs is 5. The largest absolute Gasteiger partial charge is 0.465 e. The van der Waals surface area contributed by atoms with Crippen LogP contribution in [-0.4, -0.2) is 39.3 Å². The van der Waals surface area contributed by atoms with E-state index in [4.69, 9.17) is 9.16 Å². The number of rotatable bonds is 9. The van der Waals surface area contributed by atoms with Crippen LogP contribution in [0.15, 0.2) is 11.8 Å². The number of carbonyl (C=O) groups excluding carboxylic acids is 2. The highest BCUT2D eigenvalue weighted by Gasteiger charge is 2.62. The number of Topliss-reactive ketones (excluding diaryl/α,β-unsaturated/α-hetero) is 1. The van der Waals surface area contributed by atoms with Crippen LogP contribution in [0.25, 0.3) is 0 Å². The molecule has 0 radical (unpaired) electrons. The number of piperidine rings is 1. The van der Waals surface area contributed by atoms with Crippen LogP contribution in [0.3, 0.4) is 0 Å². The third-order valence-corrected chi connectivity index (χ3v) is 17.6. The van der Waals surface area contributed by atoms with Gasteiger partial charge in [-0.05, 0) is 71.6 Å². The molecule has 4 aliphatic rings. The van der Waals surface area contributed by atoms with Crippen molar-refractivity contribution in [3.8, 4) is 0 Å². The predicted octanol–water partition coefficient (Wildman–Crippen LogP) is 7.42. The summed E-state index contributed by atoms with van der Waals surface area (Å²) in [4.78, 5) is 26.5. The van der Waals surface area contributed by atoms with Crippen molar-refractivity contribution in [2.75, 3.05) is 13.2 Å². The molecule has 4 rings (SSSR count). The molecule has 2 saturated carbocycles. The van der Waals surface area contributed by atoms with E-state index < -0.39 is 8.32 Å². The molecule has 1 heterocycles. The first-order valence-corrected chi connectivity index (χ1v) is 17.8. The van der Waals surface area contributed by atoms with Crippen molar-refractivity contribution in [2.45, 2.75) is 130 Å². The summed E-state index contributed by atoms with van der Waals surface area (Å²) < 4.78 is 13.2. The van der Waals surface area contributed by atoms with Crippen molar-refractivity contribution >= 4 is 20.1 Å². The normalized spacial score (nSPS) is 37.0. The fraction of sp³-hybridized carbons (Fsp3) is 0.875. The van der Waals surface area contributed by atoms with Gasteiger partial charge in [0.25, 0.3) is 0 Å². The number of esters is 1. The molecule has 1 saturated heterocycles. The molecule has 1 aliphatic heterocycles. The van der Waals surface area contributed by atoms with Gasteiger partial charge in [0.05, 0.1) is 18.6 Å². The smallest absolute Gasteiger partial charge is 0.310 e. The predicted molar refractivity (Wildman–Crippen MR) is 156 cm³/mol. The highest BCUT2D eigenvalue weighted by molar-refractivity contribution is 6.77. The second-order valence-electron chi connectivity index (χ2n) is 14.5. The zero-order valence-electron chi connectivity index (χ0n) is 25.7. The molecule has 0 aromatic carbocycles. The lowest BCUT2D eigenvalue weighted by Gasteiger charge is -2.59. The van der Waals surface area contributed by atoms with E-state index >= 15 is 0 Å². The van der Waals surface area contributed by atoms with Crippen LogP contribution < -0.4 is 5.32 Å². The number of ketones is 1. The van der Waals surface area contributed by atoms with Crippen molar-refractivity contribution in [2.24, 2.45) is 34.5 Å². The molecular formula is C32H55NO4Si. The molecule has 3 fully saturated rings. The van der Waals surface area contributed by atoms with E-state index in [2.05, 4.69) is 73.7 Å². The molecule has 216 valence electrons. The summed E-state index contributed by atoms with van der Waals surface area (Å²) in [5, 5.41) is 3.84. The molecule has 5 nitrogen and oxygen atoms in total. The number of carbonyl (C=O) groups is 2. The Hall–Kier alpha value is -1.14. The Morgan fingerprint density at radius 2 is 1.76 bits per heavy atom. The summed E-state index contributed by atoms with van der Waals surface area (Å²) in [6, 6.07) is 0. The number of allylic oxidation sites excluding steroid dienone is 1. The average Bonchev–Trinajstić information content (AvgIpc) is 3.15. The molecule has 6 heteroatoms. The maximum atomic E-state index is 13.9. The lowest BCUT2D eigenvalue weighted by Crippen LogP contribution is -2.61. The van der Waals surface area contributed by atoms with E-state index in [-0.39, 0.29) is 28.8 Å². The highest BCUT2D eigenvalue weighted by atomic mass is 28.4. The molecule has 0 aromatic heterocycles. The van der Waals surface area contributed by atoms with Crippen molar-refractivity contribution < 1.29 is 18.8 Å². The van der Waals surface area contributed by atoms with E-state index in [0.717, 1.165) is 38.6 Å². The van der Waals surface area contributed by atoms with Gasteiger partial charge in [-0.1, -0.05) is 68.7 Å². The zero-order chi connectivity index (χ0) is 28.0. The molecule has 3 aliphatic carbocycles. The van der Waals surface area contributed by atoms with Gasteiger partial charge in [-0.15, -0.1) is 0 Å². The molecule has 0 aromatic rings. The van der Waals surface area contributed by atoms with Gasteiger partial charge in [-0.25, -0.2) is 0 Å². The lowest BCUT2D eigenvalue weighted by molar-refractivity contribution is -0.160. The number of ether oxygens (including phenoxy) is 1. The van der Waals surface area contributed by atoms with E-state index in [0.29, 0.717) is 59.6 Å². The highest BCUT2D eigenvalue weighted by Crippen LogP contribution is 2.63. The van der Waals surface area contributed by atoms with E-state index in [1.807, 2.05) is 0 Å². The van der Waals surface area contributed by atoms with E-state index in [1.54, 1.807) is 0 Å². The van der Waals surface area contributed by atoms with Gasteiger partial charge < -0.3 is 14.5 Å². The Morgan fingerprint density at radius 1 is 1.11 bits per heavy atom. The molecule has 0 amide bonds. The number of hydrogen-bond acceptors (Lipinski definition) is 5. The monoisotopic (exact) mass is 545 g/mol. The van der Waals surface area contributed by atoms with Gasteiger partial charge in [0.15, 0.2) is 0 Å². The van der Waals surface area contributed by atoms with Crippen LogP contribution in [0, 0.1) is 34.5 Å². The Kier molecular flexibility index (Phi) is 8.66. The quantitative estimate of drug-likeness (QED) is 0.186.